The minimum Gasteiger partial charge on any atom is -0.490 e. The molecular weight excluding hydrogens is 459 g/mol. The summed E-state index contributed by atoms with van der Waals surface area (Å²) in [4.78, 5) is 13.5. The number of carboxylic acid groups (broad SMARTS) is 1. The van der Waals surface area contributed by atoms with Gasteiger partial charge in [0.15, 0.2) is 0 Å². The Morgan fingerprint density at radius 1 is 1.29 bits per heavy atom. The molecule has 3 rings (SSSR count). The Balaban J connectivity index is 1.53. The molecule has 0 radical (unpaired) electrons. The largest absolute Gasteiger partial charge is 0.490 e. The van der Waals surface area contributed by atoms with Gasteiger partial charge < -0.3 is 20.3 Å². The van der Waals surface area contributed by atoms with E-state index >= 15 is 0 Å². The number of hydrogen-bond acceptors (Lipinski definition) is 5. The van der Waals surface area contributed by atoms with Crippen molar-refractivity contribution >= 4 is 17.6 Å². The maximum absolute atomic E-state index is 13.7. The summed E-state index contributed by atoms with van der Waals surface area (Å²) in [5.74, 6) is -1.41. The molecule has 0 bridgehead atoms. The highest BCUT2D eigenvalue weighted by Crippen LogP contribution is 2.31. The molecular formula is C26H34ClFN2O4. The molecule has 0 aliphatic carbocycles. The van der Waals surface area contributed by atoms with Gasteiger partial charge in [-0.25, -0.2) is 4.39 Å². The van der Waals surface area contributed by atoms with Crippen LogP contribution in [0.1, 0.15) is 38.3 Å². The Morgan fingerprint density at radius 3 is 2.65 bits per heavy atom. The number of nitrogens with zero attached hydrogens (tertiary/aromatic N) is 1. The van der Waals surface area contributed by atoms with Gasteiger partial charge in [-0.05, 0) is 42.5 Å². The van der Waals surface area contributed by atoms with Crippen molar-refractivity contribution in [2.75, 3.05) is 26.2 Å². The topological polar surface area (TPSA) is 82.0 Å². The minimum absolute atomic E-state index is 0.0151. The van der Waals surface area contributed by atoms with Crippen LogP contribution in [0, 0.1) is 11.2 Å². The molecule has 186 valence electrons. The first-order valence-electron chi connectivity index (χ1n) is 11.5. The van der Waals surface area contributed by atoms with Crippen molar-refractivity contribution in [3.05, 3.63) is 64.4 Å². The third kappa shape index (κ3) is 7.67. The highest BCUT2D eigenvalue weighted by molar-refractivity contribution is 6.30. The lowest BCUT2D eigenvalue weighted by Gasteiger charge is -2.45. The van der Waals surface area contributed by atoms with Crippen LogP contribution in [-0.2, 0) is 17.8 Å². The van der Waals surface area contributed by atoms with Crippen molar-refractivity contribution in [1.82, 2.24) is 10.2 Å². The quantitative estimate of drug-likeness (QED) is 0.462. The molecule has 1 heterocycles. The zero-order valence-corrected chi connectivity index (χ0v) is 20.7. The third-order valence-electron chi connectivity index (χ3n) is 6.27. The van der Waals surface area contributed by atoms with Crippen LogP contribution in [-0.4, -0.2) is 59.0 Å². The molecule has 2 aromatic rings. The van der Waals surface area contributed by atoms with Crippen LogP contribution in [0.5, 0.6) is 5.75 Å². The van der Waals surface area contributed by atoms with Crippen LogP contribution in [0.25, 0.3) is 0 Å². The summed E-state index contributed by atoms with van der Waals surface area (Å²) in [6.45, 7) is 9.00. The van der Waals surface area contributed by atoms with Gasteiger partial charge in [-0.2, -0.15) is 0 Å². The van der Waals surface area contributed by atoms with Crippen LogP contribution >= 0.6 is 11.6 Å². The Labute approximate surface area is 205 Å². The van der Waals surface area contributed by atoms with Crippen LogP contribution < -0.4 is 10.1 Å². The van der Waals surface area contributed by atoms with Crippen LogP contribution in [0.3, 0.4) is 0 Å². The molecule has 6 nitrogen and oxygen atoms in total. The second-order valence-electron chi connectivity index (χ2n) is 10.2. The molecule has 0 amide bonds. The molecule has 0 aromatic heterocycles. The SMILES string of the molecule is CC1(C)CN(Cc2ccc(Cl)cc2)CCC1NC[C@](C)(O)COc1cc(F)ccc1CC(=O)O. The minimum atomic E-state index is -1.22. The van der Waals surface area contributed by atoms with E-state index in [0.29, 0.717) is 12.1 Å². The van der Waals surface area contributed by atoms with Gasteiger partial charge in [0.1, 0.15) is 23.8 Å². The van der Waals surface area contributed by atoms with E-state index in [-0.39, 0.29) is 30.2 Å². The number of rotatable bonds is 10. The highest BCUT2D eigenvalue weighted by atomic mass is 35.5. The molecule has 1 aliphatic heterocycles. The van der Waals surface area contributed by atoms with Gasteiger partial charge in [0.2, 0.25) is 0 Å². The number of ether oxygens (including phenoxy) is 1. The van der Waals surface area contributed by atoms with E-state index in [9.17, 15) is 14.3 Å². The van der Waals surface area contributed by atoms with Gasteiger partial charge in [-0.3, -0.25) is 9.69 Å². The van der Waals surface area contributed by atoms with Crippen LogP contribution in [0.15, 0.2) is 42.5 Å². The number of nitrogens with one attached hydrogen (secondary N) is 1. The maximum atomic E-state index is 13.7. The molecule has 0 spiro atoms. The van der Waals surface area contributed by atoms with Crippen molar-refractivity contribution in [1.29, 1.82) is 0 Å². The normalized spacial score (nSPS) is 20.0. The summed E-state index contributed by atoms with van der Waals surface area (Å²) < 4.78 is 19.3. The molecule has 1 saturated heterocycles. The predicted molar refractivity (Wildman–Crippen MR) is 131 cm³/mol. The number of piperidine rings is 1. The van der Waals surface area contributed by atoms with Gasteiger partial charge >= 0.3 is 5.97 Å². The number of aliphatic carboxylic acids is 1. The molecule has 1 aliphatic rings. The van der Waals surface area contributed by atoms with Crippen molar-refractivity contribution in [2.45, 2.75) is 51.8 Å². The number of hydrogen-bond donors (Lipinski definition) is 3. The lowest BCUT2D eigenvalue weighted by molar-refractivity contribution is -0.136. The second kappa shape index (κ2) is 11.0. The van der Waals surface area contributed by atoms with Crippen LogP contribution in [0.4, 0.5) is 4.39 Å². The monoisotopic (exact) mass is 492 g/mol. The molecule has 1 unspecified atom stereocenters. The summed E-state index contributed by atoms with van der Waals surface area (Å²) in [5, 5.41) is 24.2. The number of carboxylic acids is 1. The van der Waals surface area contributed by atoms with E-state index in [1.807, 2.05) is 12.1 Å². The smallest absolute Gasteiger partial charge is 0.307 e. The molecule has 1 fully saturated rings. The number of carbonyl (C=O) groups is 1. The highest BCUT2D eigenvalue weighted by Gasteiger charge is 2.37. The first-order chi connectivity index (χ1) is 15.9. The number of halogens is 2. The summed E-state index contributed by atoms with van der Waals surface area (Å²) in [6, 6.07) is 11.9. The van der Waals surface area contributed by atoms with E-state index in [2.05, 4.69) is 36.2 Å². The maximum Gasteiger partial charge on any atom is 0.307 e. The van der Waals surface area contributed by atoms with Crippen molar-refractivity contribution < 1.29 is 24.1 Å². The Bertz CT molecular complexity index is 981. The van der Waals surface area contributed by atoms with Gasteiger partial charge in [0.05, 0.1) is 6.42 Å². The zero-order valence-electron chi connectivity index (χ0n) is 20.0. The lowest BCUT2D eigenvalue weighted by Crippen LogP contribution is -2.57. The fraction of sp³-hybridized carbons (Fsp3) is 0.500. The molecule has 8 heteroatoms. The first kappa shape index (κ1) is 26.4. The molecule has 0 saturated carbocycles. The van der Waals surface area contributed by atoms with Crippen molar-refractivity contribution in [3.8, 4) is 5.75 Å². The summed E-state index contributed by atoms with van der Waals surface area (Å²) in [7, 11) is 0. The standard InChI is InChI=1S/C26H34ClFN2O4/c1-25(2)16-30(14-18-4-7-20(27)8-5-18)11-10-23(25)29-15-26(3,33)17-34-22-13-21(28)9-6-19(22)12-24(31)32/h4-9,13,23,29,33H,10-12,14-17H2,1-3H3,(H,31,32)/t23?,26-/m0/s1. The number of aliphatic hydroxyl groups is 1. The summed E-state index contributed by atoms with van der Waals surface area (Å²) >= 11 is 5.99. The van der Waals surface area contributed by atoms with E-state index in [4.69, 9.17) is 21.4 Å². The average molecular weight is 493 g/mol. The molecule has 3 N–H and O–H groups in total. The summed E-state index contributed by atoms with van der Waals surface area (Å²) in [6.07, 6.45) is 0.656. The predicted octanol–water partition coefficient (Wildman–Crippen LogP) is 4.13. The number of likely N-dealkylation sites (tertiary alicyclic amines) is 1. The van der Waals surface area contributed by atoms with E-state index in [1.54, 1.807) is 6.92 Å². The average Bonchev–Trinajstić information content (AvgIpc) is 2.74. The fourth-order valence-electron chi connectivity index (χ4n) is 4.43. The van der Waals surface area contributed by atoms with Crippen molar-refractivity contribution in [2.24, 2.45) is 5.41 Å². The van der Waals surface area contributed by atoms with Gasteiger partial charge in [-0.1, -0.05) is 43.6 Å². The van der Waals surface area contributed by atoms with Gasteiger partial charge in [0, 0.05) is 48.9 Å². The Morgan fingerprint density at radius 2 is 2.00 bits per heavy atom. The lowest BCUT2D eigenvalue weighted by atomic mass is 9.78. The zero-order chi connectivity index (χ0) is 24.9. The summed E-state index contributed by atoms with van der Waals surface area (Å²) in [5.41, 5.74) is 0.362. The molecule has 2 atom stereocenters. The molecule has 34 heavy (non-hydrogen) atoms. The second-order valence-corrected chi connectivity index (χ2v) is 10.6. The Kier molecular flexibility index (Phi) is 8.57. The number of benzene rings is 2. The van der Waals surface area contributed by atoms with Crippen LogP contribution in [0.2, 0.25) is 5.02 Å². The molecule has 2 aromatic carbocycles. The third-order valence-corrected chi connectivity index (χ3v) is 6.52. The Hall–Kier alpha value is -2.19. The first-order valence-corrected chi connectivity index (χ1v) is 11.9. The van der Waals surface area contributed by atoms with E-state index in [0.717, 1.165) is 37.1 Å². The van der Waals surface area contributed by atoms with Gasteiger partial charge in [0.25, 0.3) is 0 Å². The van der Waals surface area contributed by atoms with Crippen molar-refractivity contribution in [3.63, 3.8) is 0 Å². The van der Waals surface area contributed by atoms with E-state index in [1.165, 1.54) is 17.7 Å². The van der Waals surface area contributed by atoms with E-state index < -0.39 is 17.4 Å². The fourth-order valence-corrected chi connectivity index (χ4v) is 4.55. The van der Waals surface area contributed by atoms with Gasteiger partial charge in [-0.15, -0.1) is 0 Å².